The summed E-state index contributed by atoms with van der Waals surface area (Å²) in [6.45, 7) is 2.11. The van der Waals surface area contributed by atoms with Crippen molar-refractivity contribution in [2.24, 2.45) is 4.99 Å². The van der Waals surface area contributed by atoms with Crippen molar-refractivity contribution in [1.29, 1.82) is 0 Å². The van der Waals surface area contributed by atoms with Gasteiger partial charge in [0.15, 0.2) is 27.8 Å². The van der Waals surface area contributed by atoms with Gasteiger partial charge in [0.1, 0.15) is 6.61 Å². The molecule has 1 aromatic heterocycles. The van der Waals surface area contributed by atoms with E-state index in [0.29, 0.717) is 59.7 Å². The number of hydrogen-bond acceptors (Lipinski definition) is 9. The summed E-state index contributed by atoms with van der Waals surface area (Å²) in [5.74, 6) is 1.34. The van der Waals surface area contributed by atoms with E-state index in [0.717, 1.165) is 5.56 Å². The molecule has 1 atom stereocenters. The van der Waals surface area contributed by atoms with Crippen molar-refractivity contribution >= 4 is 40.7 Å². The number of para-hydroxylation sites is 1. The number of hydrogen-bond donors (Lipinski definition) is 0. The summed E-state index contributed by atoms with van der Waals surface area (Å²) >= 11 is 7.41. The highest BCUT2D eigenvalue weighted by Crippen LogP contribution is 2.39. The maximum absolute atomic E-state index is 14.5. The average molecular weight is 697 g/mol. The Hall–Kier alpha value is -5.32. The molecule has 5 aromatic rings. The summed E-state index contributed by atoms with van der Waals surface area (Å²) in [7, 11) is 4.64. The van der Waals surface area contributed by atoms with Crippen molar-refractivity contribution in [2.75, 3.05) is 27.9 Å². The van der Waals surface area contributed by atoms with Crippen LogP contribution in [0.25, 0.3) is 11.8 Å². The Morgan fingerprint density at radius 1 is 0.898 bits per heavy atom. The van der Waals surface area contributed by atoms with Gasteiger partial charge in [-0.25, -0.2) is 9.79 Å². The van der Waals surface area contributed by atoms with Gasteiger partial charge in [0.05, 0.1) is 49.8 Å². The van der Waals surface area contributed by atoms with Crippen LogP contribution in [-0.4, -0.2) is 38.5 Å². The van der Waals surface area contributed by atoms with Crippen molar-refractivity contribution in [3.8, 4) is 23.0 Å². The highest BCUT2D eigenvalue weighted by molar-refractivity contribution is 7.07. The molecule has 0 aliphatic carbocycles. The zero-order chi connectivity index (χ0) is 34.5. The lowest BCUT2D eigenvalue weighted by Crippen LogP contribution is -2.40. The third kappa shape index (κ3) is 6.83. The Balaban J connectivity index is 1.57. The molecule has 0 spiro atoms. The number of methoxy groups -OCH3 is 3. The van der Waals surface area contributed by atoms with Gasteiger partial charge in [-0.15, -0.1) is 0 Å². The van der Waals surface area contributed by atoms with Gasteiger partial charge >= 0.3 is 5.97 Å². The topological polar surface area (TPSA) is 97.6 Å². The van der Waals surface area contributed by atoms with Crippen LogP contribution in [0.4, 0.5) is 0 Å². The fraction of sp³-hybridized carbons (Fsp3) is 0.184. The molecule has 0 N–H and O–H groups in total. The van der Waals surface area contributed by atoms with Crippen molar-refractivity contribution in [3.63, 3.8) is 0 Å². The van der Waals surface area contributed by atoms with E-state index < -0.39 is 12.0 Å². The number of thiazole rings is 1. The lowest BCUT2D eigenvalue weighted by atomic mass is 9.93. The Bertz CT molecular complexity index is 2230. The monoisotopic (exact) mass is 696 g/mol. The first-order chi connectivity index (χ1) is 23.9. The van der Waals surface area contributed by atoms with Gasteiger partial charge in [-0.2, -0.15) is 0 Å². The molecule has 6 rings (SSSR count). The fourth-order valence-corrected chi connectivity index (χ4v) is 6.87. The van der Waals surface area contributed by atoms with Crippen molar-refractivity contribution in [1.82, 2.24) is 4.57 Å². The van der Waals surface area contributed by atoms with Crippen LogP contribution in [-0.2, 0) is 16.1 Å². The van der Waals surface area contributed by atoms with Crippen LogP contribution >= 0.6 is 22.9 Å². The first-order valence-electron chi connectivity index (χ1n) is 15.4. The van der Waals surface area contributed by atoms with E-state index in [9.17, 15) is 9.59 Å². The summed E-state index contributed by atoms with van der Waals surface area (Å²) in [4.78, 5) is 33.7. The van der Waals surface area contributed by atoms with Crippen LogP contribution in [0.5, 0.6) is 23.0 Å². The number of carbonyl (C=O) groups is 1. The lowest BCUT2D eigenvalue weighted by molar-refractivity contribution is -0.138. The molecule has 1 aliphatic rings. The Labute approximate surface area is 291 Å². The minimum absolute atomic E-state index is 0.140. The van der Waals surface area contributed by atoms with Crippen LogP contribution in [0.15, 0.2) is 106 Å². The molecular weight excluding hydrogens is 664 g/mol. The number of fused-ring (bicyclic) bond motifs is 1. The molecule has 0 radical (unpaired) electrons. The number of nitrogens with zero attached hydrogens (tertiary/aromatic N) is 2. The molecule has 0 saturated heterocycles. The Kier molecular flexibility index (Phi) is 10.2. The predicted octanol–water partition coefficient (Wildman–Crippen LogP) is 6.19. The van der Waals surface area contributed by atoms with E-state index in [2.05, 4.69) is 0 Å². The van der Waals surface area contributed by atoms with Crippen LogP contribution < -0.4 is 33.8 Å². The van der Waals surface area contributed by atoms with E-state index in [4.69, 9.17) is 40.3 Å². The largest absolute Gasteiger partial charge is 0.493 e. The average Bonchev–Trinajstić information content (AvgIpc) is 3.44. The van der Waals surface area contributed by atoms with Crippen LogP contribution in [0.3, 0.4) is 0 Å². The molecule has 4 aromatic carbocycles. The van der Waals surface area contributed by atoms with E-state index >= 15 is 0 Å². The molecule has 0 bridgehead atoms. The van der Waals surface area contributed by atoms with Gasteiger partial charge in [-0.1, -0.05) is 83.6 Å². The number of carbonyl (C=O) groups excluding carboxylic acids is 1. The van der Waals surface area contributed by atoms with E-state index in [1.165, 1.54) is 23.0 Å². The summed E-state index contributed by atoms with van der Waals surface area (Å²) in [6, 6.07) is 26.7. The molecule has 0 fully saturated rings. The smallest absolute Gasteiger partial charge is 0.338 e. The number of rotatable bonds is 11. The highest BCUT2D eigenvalue weighted by atomic mass is 35.5. The normalized spacial score (nSPS) is 14.1. The molecule has 0 amide bonds. The van der Waals surface area contributed by atoms with Crippen LogP contribution in [0.2, 0.25) is 5.02 Å². The van der Waals surface area contributed by atoms with E-state index in [1.54, 1.807) is 57.6 Å². The second-order valence-corrected chi connectivity index (χ2v) is 12.3. The van der Waals surface area contributed by atoms with Crippen molar-refractivity contribution in [2.45, 2.75) is 19.6 Å². The predicted molar refractivity (Wildman–Crippen MR) is 189 cm³/mol. The minimum atomic E-state index is -0.892. The summed E-state index contributed by atoms with van der Waals surface area (Å²) in [6.07, 6.45) is 1.75. The number of benzene rings is 4. The Morgan fingerprint density at radius 3 is 2.37 bits per heavy atom. The van der Waals surface area contributed by atoms with E-state index in [-0.39, 0.29) is 24.3 Å². The van der Waals surface area contributed by atoms with Gasteiger partial charge in [-0.05, 0) is 54.5 Å². The molecule has 0 unspecified atom stereocenters. The van der Waals surface area contributed by atoms with Gasteiger partial charge in [0, 0.05) is 16.1 Å². The van der Waals surface area contributed by atoms with Gasteiger partial charge in [0.2, 0.25) is 0 Å². The SMILES string of the molecule is CCOC(=O)C1=C(c2ccccc2)N=c2s/c(=C\c3cccc(OC)c3OCc3cccc(Cl)c3)c(=O)n2[C@H]1c1ccc(OC)c(OC)c1. The minimum Gasteiger partial charge on any atom is -0.493 e. The second-order valence-electron chi connectivity index (χ2n) is 10.8. The molecule has 1 aliphatic heterocycles. The molecule has 9 nitrogen and oxygen atoms in total. The maximum atomic E-state index is 14.5. The molecule has 11 heteroatoms. The number of halogens is 1. The van der Waals surface area contributed by atoms with Gasteiger partial charge in [-0.3, -0.25) is 9.36 Å². The van der Waals surface area contributed by atoms with Crippen molar-refractivity contribution < 1.29 is 28.5 Å². The zero-order valence-electron chi connectivity index (χ0n) is 27.3. The molecule has 49 heavy (non-hydrogen) atoms. The maximum Gasteiger partial charge on any atom is 0.338 e. The standard InChI is InChI=1S/C38H33ClN2O7S/c1-5-47-37(43)32-33(24-12-7-6-8-13-24)40-38-41(34(32)25-17-18-28(44-2)30(20-25)46-4)36(42)31(49-38)21-26-14-10-16-29(45-3)35(26)48-22-23-11-9-15-27(39)19-23/h6-21,34H,5,22H2,1-4H3/b31-21-/t34-/m0/s1. The Morgan fingerprint density at radius 2 is 1.65 bits per heavy atom. The first kappa shape index (κ1) is 33.6. The quantitative estimate of drug-likeness (QED) is 0.152. The first-order valence-corrected chi connectivity index (χ1v) is 16.6. The molecule has 250 valence electrons. The zero-order valence-corrected chi connectivity index (χ0v) is 28.8. The van der Waals surface area contributed by atoms with Gasteiger partial charge in [0.25, 0.3) is 5.56 Å². The molecular formula is C38H33ClN2O7S. The van der Waals surface area contributed by atoms with Gasteiger partial charge < -0.3 is 23.7 Å². The van der Waals surface area contributed by atoms with Crippen LogP contribution in [0, 0.1) is 0 Å². The highest BCUT2D eigenvalue weighted by Gasteiger charge is 2.35. The lowest BCUT2D eigenvalue weighted by Gasteiger charge is -2.26. The third-order valence-corrected chi connectivity index (χ3v) is 9.10. The van der Waals surface area contributed by atoms with Crippen LogP contribution in [0.1, 0.15) is 35.2 Å². The third-order valence-electron chi connectivity index (χ3n) is 7.89. The summed E-state index contributed by atoms with van der Waals surface area (Å²) in [5.41, 5.74) is 3.12. The number of esters is 1. The second kappa shape index (κ2) is 14.8. The summed E-state index contributed by atoms with van der Waals surface area (Å²) in [5, 5.41) is 0.601. The van der Waals surface area contributed by atoms with E-state index in [1.807, 2.05) is 60.7 Å². The fourth-order valence-electron chi connectivity index (χ4n) is 5.66. The number of ether oxygens (including phenoxy) is 5. The summed E-state index contributed by atoms with van der Waals surface area (Å²) < 4.78 is 30.5. The molecule has 2 heterocycles. The number of aromatic nitrogens is 1. The van der Waals surface area contributed by atoms with Crippen molar-refractivity contribution in [3.05, 3.63) is 144 Å². The molecule has 0 saturated carbocycles.